The van der Waals surface area contributed by atoms with Crippen LogP contribution in [0.1, 0.15) is 0 Å². The Hall–Kier alpha value is -1.32. The summed E-state index contributed by atoms with van der Waals surface area (Å²) in [5.74, 6) is -0.178. The van der Waals surface area contributed by atoms with Crippen LogP contribution in [0.2, 0.25) is 0 Å². The second-order valence-electron chi connectivity index (χ2n) is 2.25. The van der Waals surface area contributed by atoms with Gasteiger partial charge in [-0.1, -0.05) is 0 Å². The molecule has 0 spiro atoms. The fourth-order valence-electron chi connectivity index (χ4n) is 0.799. The third-order valence-electron chi connectivity index (χ3n) is 1.30. The molecule has 0 aliphatic carbocycles. The maximum absolute atomic E-state index is 10.9. The summed E-state index contributed by atoms with van der Waals surface area (Å²) < 4.78 is 30.2. The van der Waals surface area contributed by atoms with Crippen molar-refractivity contribution in [2.75, 3.05) is 5.06 Å². The molecule has 0 fully saturated rings. The standard InChI is InChI=1S/C5H5N3O4S2/c6-5-7-11-14(9,10)12-8(5)4-2-1-3-13-4/h1-3H,(H2,6,7). The fourth-order valence-corrected chi connectivity index (χ4v) is 2.06. The summed E-state index contributed by atoms with van der Waals surface area (Å²) in [6.45, 7) is 0. The van der Waals surface area contributed by atoms with E-state index in [4.69, 9.17) is 5.73 Å². The minimum atomic E-state index is -4.13. The number of anilines is 1. The minimum Gasteiger partial charge on any atom is -0.365 e. The highest BCUT2D eigenvalue weighted by Gasteiger charge is 2.29. The van der Waals surface area contributed by atoms with Gasteiger partial charge in [0.15, 0.2) is 0 Å². The van der Waals surface area contributed by atoms with Crippen molar-refractivity contribution in [3.05, 3.63) is 17.5 Å². The Morgan fingerprint density at radius 2 is 2.36 bits per heavy atom. The van der Waals surface area contributed by atoms with Gasteiger partial charge in [-0.15, -0.1) is 15.6 Å². The van der Waals surface area contributed by atoms with Crippen molar-refractivity contribution >= 4 is 32.7 Å². The first-order valence-electron chi connectivity index (χ1n) is 3.39. The molecule has 0 atom stereocenters. The van der Waals surface area contributed by atoms with Crippen LogP contribution in [0, 0.1) is 0 Å². The van der Waals surface area contributed by atoms with Gasteiger partial charge in [0.05, 0.1) is 0 Å². The quantitative estimate of drug-likeness (QED) is 0.735. The van der Waals surface area contributed by atoms with E-state index in [1.54, 1.807) is 17.5 Å². The molecule has 0 unspecified atom stereocenters. The lowest BCUT2D eigenvalue weighted by atomic mass is 10.6. The molecule has 0 bridgehead atoms. The molecule has 1 aliphatic rings. The highest BCUT2D eigenvalue weighted by molar-refractivity contribution is 7.82. The summed E-state index contributed by atoms with van der Waals surface area (Å²) in [4.78, 5) is 0. The van der Waals surface area contributed by atoms with Gasteiger partial charge in [-0.05, 0) is 22.7 Å². The Kier molecular flexibility index (Phi) is 2.06. The maximum atomic E-state index is 10.9. The van der Waals surface area contributed by atoms with Crippen LogP contribution in [0.25, 0.3) is 0 Å². The maximum Gasteiger partial charge on any atom is 0.491 e. The molecular formula is C5H5N3O4S2. The molecule has 7 nitrogen and oxygen atoms in total. The predicted octanol–water partition coefficient (Wildman–Crippen LogP) is -0.00920. The lowest BCUT2D eigenvalue weighted by Crippen LogP contribution is -2.42. The number of nitrogens with two attached hydrogens (primary N) is 1. The number of hydrogen-bond donors (Lipinski definition) is 1. The van der Waals surface area contributed by atoms with Gasteiger partial charge in [-0.3, -0.25) is 0 Å². The van der Waals surface area contributed by atoms with Crippen LogP contribution >= 0.6 is 11.3 Å². The molecular weight excluding hydrogens is 230 g/mol. The van der Waals surface area contributed by atoms with E-state index in [9.17, 15) is 8.42 Å². The monoisotopic (exact) mass is 235 g/mol. The van der Waals surface area contributed by atoms with E-state index in [2.05, 4.69) is 13.7 Å². The van der Waals surface area contributed by atoms with Gasteiger partial charge in [0, 0.05) is 0 Å². The zero-order valence-electron chi connectivity index (χ0n) is 6.65. The van der Waals surface area contributed by atoms with Crippen LogP contribution in [0.15, 0.2) is 22.7 Å². The van der Waals surface area contributed by atoms with Gasteiger partial charge in [-0.2, -0.15) is 13.5 Å². The van der Waals surface area contributed by atoms with Crippen molar-refractivity contribution in [3.63, 3.8) is 0 Å². The molecule has 0 aromatic carbocycles. The molecule has 14 heavy (non-hydrogen) atoms. The molecule has 9 heteroatoms. The van der Waals surface area contributed by atoms with Crippen molar-refractivity contribution in [2.45, 2.75) is 0 Å². The van der Waals surface area contributed by atoms with E-state index in [1.807, 2.05) is 0 Å². The Balaban J connectivity index is 2.37. The highest BCUT2D eigenvalue weighted by Crippen LogP contribution is 2.24. The normalized spacial score (nSPS) is 20.0. The third kappa shape index (κ3) is 1.64. The van der Waals surface area contributed by atoms with Crippen LogP contribution in [0.3, 0.4) is 0 Å². The van der Waals surface area contributed by atoms with E-state index in [-0.39, 0.29) is 5.96 Å². The van der Waals surface area contributed by atoms with Gasteiger partial charge in [0.1, 0.15) is 5.00 Å². The molecule has 1 aromatic rings. The summed E-state index contributed by atoms with van der Waals surface area (Å²) in [6.07, 6.45) is 0. The van der Waals surface area contributed by atoms with Gasteiger partial charge in [-0.25, -0.2) is 4.28 Å². The average molecular weight is 235 g/mol. The Morgan fingerprint density at radius 3 is 3.00 bits per heavy atom. The van der Waals surface area contributed by atoms with Crippen molar-refractivity contribution in [1.29, 1.82) is 0 Å². The largest absolute Gasteiger partial charge is 0.491 e. The number of oxime groups is 1. The number of hydroxylamine groups is 1. The minimum absolute atomic E-state index is 0.178. The second-order valence-corrected chi connectivity index (χ2v) is 4.29. The topological polar surface area (TPSA) is 94.2 Å². The lowest BCUT2D eigenvalue weighted by Gasteiger charge is -2.21. The van der Waals surface area contributed by atoms with E-state index >= 15 is 0 Å². The molecule has 1 aliphatic heterocycles. The first kappa shape index (κ1) is 9.24. The molecule has 2 heterocycles. The lowest BCUT2D eigenvalue weighted by molar-refractivity contribution is 0.203. The molecule has 2 N–H and O–H groups in total. The van der Waals surface area contributed by atoms with E-state index in [1.165, 1.54) is 11.3 Å². The first-order valence-corrected chi connectivity index (χ1v) is 5.60. The molecule has 0 saturated heterocycles. The molecule has 76 valence electrons. The predicted molar refractivity (Wildman–Crippen MR) is 49.5 cm³/mol. The zero-order chi connectivity index (χ0) is 10.2. The number of thiophene rings is 1. The number of guanidine groups is 1. The van der Waals surface area contributed by atoms with Crippen LogP contribution in [-0.4, -0.2) is 14.4 Å². The summed E-state index contributed by atoms with van der Waals surface area (Å²) in [5.41, 5.74) is 5.36. The number of rotatable bonds is 1. The van der Waals surface area contributed by atoms with Gasteiger partial charge < -0.3 is 5.73 Å². The smallest absolute Gasteiger partial charge is 0.365 e. The summed E-state index contributed by atoms with van der Waals surface area (Å²) in [5, 5.41) is 6.25. The number of hydrogen-bond acceptors (Lipinski definition) is 8. The van der Waals surface area contributed by atoms with Gasteiger partial charge in [0.25, 0.3) is 5.96 Å². The van der Waals surface area contributed by atoms with Crippen LogP contribution in [0.5, 0.6) is 0 Å². The molecule has 1 aromatic heterocycles. The molecule has 0 saturated carbocycles. The van der Waals surface area contributed by atoms with Gasteiger partial charge in [0.2, 0.25) is 0 Å². The van der Waals surface area contributed by atoms with Crippen LogP contribution in [-0.2, 0) is 19.0 Å². The van der Waals surface area contributed by atoms with E-state index < -0.39 is 10.4 Å². The van der Waals surface area contributed by atoms with Crippen LogP contribution in [0.4, 0.5) is 5.00 Å². The van der Waals surface area contributed by atoms with Gasteiger partial charge >= 0.3 is 10.4 Å². The summed E-state index contributed by atoms with van der Waals surface area (Å²) in [7, 11) is -4.13. The molecule has 0 radical (unpaired) electrons. The molecule has 0 amide bonds. The van der Waals surface area contributed by atoms with Crippen LogP contribution < -0.4 is 10.8 Å². The average Bonchev–Trinajstić information content (AvgIpc) is 2.62. The second kappa shape index (κ2) is 3.12. The molecule has 2 rings (SSSR count). The van der Waals surface area contributed by atoms with Crippen molar-refractivity contribution < 1.29 is 17.0 Å². The van der Waals surface area contributed by atoms with Crippen molar-refractivity contribution in [3.8, 4) is 0 Å². The van der Waals surface area contributed by atoms with Crippen molar-refractivity contribution in [2.24, 2.45) is 10.9 Å². The fraction of sp³-hybridized carbons (Fsp3) is 0. The first-order chi connectivity index (χ1) is 6.58. The Labute approximate surface area is 83.6 Å². The highest BCUT2D eigenvalue weighted by atomic mass is 32.3. The zero-order valence-corrected chi connectivity index (χ0v) is 8.29. The summed E-state index contributed by atoms with van der Waals surface area (Å²) >= 11 is 1.25. The SMILES string of the molecule is NC1=NOS(=O)(=O)ON1c1cccs1. The van der Waals surface area contributed by atoms with Crippen molar-refractivity contribution in [1.82, 2.24) is 0 Å². The van der Waals surface area contributed by atoms with E-state index in [0.717, 1.165) is 5.06 Å². The third-order valence-corrected chi connectivity index (χ3v) is 2.73. The Bertz CT molecular complexity index is 451. The summed E-state index contributed by atoms with van der Waals surface area (Å²) in [6, 6.07) is 3.35. The number of nitrogens with zero attached hydrogens (tertiary/aromatic N) is 2. The Morgan fingerprint density at radius 1 is 1.57 bits per heavy atom. The van der Waals surface area contributed by atoms with E-state index in [0.29, 0.717) is 5.00 Å².